The molecule has 1 aromatic carbocycles. The van der Waals surface area contributed by atoms with Gasteiger partial charge < -0.3 is 20.2 Å². The third-order valence-electron chi connectivity index (χ3n) is 4.93. The number of likely N-dealkylation sites (tertiary alicyclic amines) is 1. The molecular weight excluding hydrogens is 356 g/mol. The number of rotatable bonds is 3. The number of urea groups is 1. The van der Waals surface area contributed by atoms with Crippen LogP contribution < -0.4 is 10.9 Å². The topological polar surface area (TPSA) is 107 Å². The van der Waals surface area contributed by atoms with E-state index in [1.807, 2.05) is 24.3 Å². The van der Waals surface area contributed by atoms with Crippen molar-refractivity contribution in [2.24, 2.45) is 0 Å². The summed E-state index contributed by atoms with van der Waals surface area (Å²) in [6, 6.07) is 9.02. The Morgan fingerprint density at radius 1 is 1.32 bits per heavy atom. The Kier molecular flexibility index (Phi) is 4.92. The second-order valence-electron chi connectivity index (χ2n) is 7.02. The second kappa shape index (κ2) is 7.67. The highest BCUT2D eigenvalue weighted by Gasteiger charge is 2.26. The number of benzene rings is 1. The summed E-state index contributed by atoms with van der Waals surface area (Å²) in [7, 11) is 0. The van der Waals surface area contributed by atoms with Crippen LogP contribution in [-0.2, 0) is 0 Å². The summed E-state index contributed by atoms with van der Waals surface area (Å²) in [4.78, 5) is 40.5. The van der Waals surface area contributed by atoms with Crippen molar-refractivity contribution in [2.75, 3.05) is 18.4 Å². The molecule has 1 aliphatic rings. The Morgan fingerprint density at radius 3 is 3.00 bits per heavy atom. The summed E-state index contributed by atoms with van der Waals surface area (Å²) in [5, 5.41) is 2.97. The molecule has 1 fully saturated rings. The normalized spacial score (nSPS) is 16.8. The molecule has 0 unspecified atom stereocenters. The molecule has 3 N–H and O–H groups in total. The number of carbonyl (C=O) groups excluding carboxylic acids is 1. The van der Waals surface area contributed by atoms with Gasteiger partial charge in [-0.15, -0.1) is 0 Å². The van der Waals surface area contributed by atoms with Crippen LogP contribution in [0.4, 0.5) is 10.5 Å². The number of aryl methyl sites for hydroxylation is 1. The van der Waals surface area contributed by atoms with Gasteiger partial charge in [0.05, 0.1) is 23.9 Å². The van der Waals surface area contributed by atoms with E-state index in [9.17, 15) is 9.59 Å². The molecule has 1 saturated heterocycles. The molecule has 8 nitrogen and oxygen atoms in total. The van der Waals surface area contributed by atoms with E-state index in [0.29, 0.717) is 18.9 Å². The smallest absolute Gasteiger partial charge is 0.321 e. The fraction of sp³-hybridized carbons (Fsp3) is 0.300. The maximum Gasteiger partial charge on any atom is 0.321 e. The number of aromatic amines is 2. The number of H-pyrrole nitrogens is 2. The maximum atomic E-state index is 12.8. The summed E-state index contributed by atoms with van der Waals surface area (Å²) in [5.74, 6) is 0.663. The summed E-state index contributed by atoms with van der Waals surface area (Å²) in [6.07, 6.45) is 5.15. The Labute approximate surface area is 162 Å². The first kappa shape index (κ1) is 18.0. The fourth-order valence-electron chi connectivity index (χ4n) is 3.60. The fourth-order valence-corrected chi connectivity index (χ4v) is 3.60. The quantitative estimate of drug-likeness (QED) is 0.651. The van der Waals surface area contributed by atoms with Crippen molar-refractivity contribution in [1.29, 1.82) is 0 Å². The van der Waals surface area contributed by atoms with Gasteiger partial charge >= 0.3 is 6.03 Å². The van der Waals surface area contributed by atoms with Crippen LogP contribution in [0.3, 0.4) is 0 Å². The lowest BCUT2D eigenvalue weighted by molar-refractivity contribution is 0.192. The van der Waals surface area contributed by atoms with E-state index in [2.05, 4.69) is 25.3 Å². The van der Waals surface area contributed by atoms with Gasteiger partial charge in [0.2, 0.25) is 0 Å². The van der Waals surface area contributed by atoms with Crippen LogP contribution in [0.5, 0.6) is 0 Å². The molecule has 2 amide bonds. The Morgan fingerprint density at radius 2 is 2.21 bits per heavy atom. The molecule has 144 valence electrons. The van der Waals surface area contributed by atoms with E-state index in [1.54, 1.807) is 24.3 Å². The minimum absolute atomic E-state index is 0.0665. The number of nitrogens with zero attached hydrogens (tertiary/aromatic N) is 3. The number of piperidine rings is 1. The Bertz CT molecular complexity index is 1030. The molecule has 8 heteroatoms. The second-order valence-corrected chi connectivity index (χ2v) is 7.02. The van der Waals surface area contributed by atoms with Gasteiger partial charge in [-0.1, -0.05) is 12.1 Å². The van der Waals surface area contributed by atoms with E-state index in [-0.39, 0.29) is 17.5 Å². The van der Waals surface area contributed by atoms with Gasteiger partial charge in [-0.05, 0) is 31.9 Å². The highest BCUT2D eigenvalue weighted by molar-refractivity contribution is 5.90. The zero-order valence-corrected chi connectivity index (χ0v) is 15.6. The van der Waals surface area contributed by atoms with Crippen LogP contribution in [-0.4, -0.2) is 44.0 Å². The van der Waals surface area contributed by atoms with Crippen LogP contribution in [0.2, 0.25) is 0 Å². The predicted octanol–water partition coefficient (Wildman–Crippen LogP) is 2.88. The third kappa shape index (κ3) is 3.95. The zero-order chi connectivity index (χ0) is 19.5. The molecule has 0 saturated carbocycles. The van der Waals surface area contributed by atoms with Crippen molar-refractivity contribution >= 4 is 11.7 Å². The van der Waals surface area contributed by atoms with Crippen molar-refractivity contribution in [3.8, 4) is 11.3 Å². The summed E-state index contributed by atoms with van der Waals surface area (Å²) in [6.45, 7) is 3.00. The Balaban J connectivity index is 1.46. The molecule has 0 bridgehead atoms. The number of amides is 2. The van der Waals surface area contributed by atoms with Crippen molar-refractivity contribution in [2.45, 2.75) is 25.7 Å². The van der Waals surface area contributed by atoms with Gasteiger partial charge in [-0.2, -0.15) is 0 Å². The van der Waals surface area contributed by atoms with Gasteiger partial charge in [-0.25, -0.2) is 14.8 Å². The number of hydrogen-bond acceptors (Lipinski definition) is 4. The number of nitrogens with one attached hydrogen (secondary N) is 3. The minimum atomic E-state index is -0.153. The molecule has 0 spiro atoms. The van der Waals surface area contributed by atoms with E-state index in [4.69, 9.17) is 0 Å². The predicted molar refractivity (Wildman–Crippen MR) is 106 cm³/mol. The number of anilines is 1. The van der Waals surface area contributed by atoms with Gasteiger partial charge in [0, 0.05) is 36.3 Å². The number of hydrogen-bond donors (Lipinski definition) is 3. The molecule has 0 radical (unpaired) electrons. The SMILES string of the molecule is Cc1nc([C@@H]2CCCN(C(=O)Nc3cccc(-c4cnc[nH]4)c3)C2)cc(=O)[nH]1. The third-order valence-corrected chi connectivity index (χ3v) is 4.93. The first-order chi connectivity index (χ1) is 13.6. The molecule has 0 aliphatic carbocycles. The van der Waals surface area contributed by atoms with E-state index < -0.39 is 0 Å². The lowest BCUT2D eigenvalue weighted by atomic mass is 9.94. The van der Waals surface area contributed by atoms with E-state index in [0.717, 1.165) is 35.5 Å². The minimum Gasteiger partial charge on any atom is -0.345 e. The summed E-state index contributed by atoms with van der Waals surface area (Å²) < 4.78 is 0. The van der Waals surface area contributed by atoms with Gasteiger partial charge in [-0.3, -0.25) is 4.79 Å². The van der Waals surface area contributed by atoms with Crippen molar-refractivity contribution in [1.82, 2.24) is 24.8 Å². The van der Waals surface area contributed by atoms with Crippen molar-refractivity contribution < 1.29 is 4.79 Å². The molecule has 1 aliphatic heterocycles. The maximum absolute atomic E-state index is 12.8. The monoisotopic (exact) mass is 378 g/mol. The zero-order valence-electron chi connectivity index (χ0n) is 15.6. The highest BCUT2D eigenvalue weighted by atomic mass is 16.2. The van der Waals surface area contributed by atoms with E-state index in [1.165, 1.54) is 6.07 Å². The average molecular weight is 378 g/mol. The first-order valence-corrected chi connectivity index (χ1v) is 9.31. The van der Waals surface area contributed by atoms with Crippen molar-refractivity contribution in [3.05, 3.63) is 64.7 Å². The molecule has 4 rings (SSSR count). The van der Waals surface area contributed by atoms with Gasteiger partial charge in [0.1, 0.15) is 5.82 Å². The number of imidazole rings is 1. The molecule has 2 aromatic heterocycles. The summed E-state index contributed by atoms with van der Waals surface area (Å²) >= 11 is 0. The largest absolute Gasteiger partial charge is 0.345 e. The van der Waals surface area contributed by atoms with Gasteiger partial charge in [0.15, 0.2) is 0 Å². The average Bonchev–Trinajstić information content (AvgIpc) is 3.22. The van der Waals surface area contributed by atoms with E-state index >= 15 is 0 Å². The van der Waals surface area contributed by atoms with Crippen LogP contribution in [0, 0.1) is 6.92 Å². The van der Waals surface area contributed by atoms with Gasteiger partial charge in [0.25, 0.3) is 5.56 Å². The molecule has 3 aromatic rings. The van der Waals surface area contributed by atoms with Crippen LogP contribution >= 0.6 is 0 Å². The molecular formula is C20H22N6O2. The van der Waals surface area contributed by atoms with Crippen LogP contribution in [0.1, 0.15) is 30.3 Å². The number of aromatic nitrogens is 4. The van der Waals surface area contributed by atoms with Crippen LogP contribution in [0.15, 0.2) is 47.7 Å². The standard InChI is InChI=1S/C20H22N6O2/c1-13-23-17(9-19(27)24-13)15-5-3-7-26(11-15)20(28)25-16-6-2-4-14(8-16)18-10-21-12-22-18/h2,4,6,8-10,12,15H,3,5,7,11H2,1H3,(H,21,22)(H,25,28)(H,23,24,27)/t15-/m1/s1. The lowest BCUT2D eigenvalue weighted by Crippen LogP contribution is -2.42. The summed E-state index contributed by atoms with van der Waals surface area (Å²) in [5.41, 5.74) is 3.17. The Hall–Kier alpha value is -3.42. The molecule has 1 atom stereocenters. The molecule has 3 heterocycles. The lowest BCUT2D eigenvalue weighted by Gasteiger charge is -2.32. The number of carbonyl (C=O) groups is 1. The van der Waals surface area contributed by atoms with Crippen molar-refractivity contribution in [3.63, 3.8) is 0 Å². The molecule has 28 heavy (non-hydrogen) atoms. The highest BCUT2D eigenvalue weighted by Crippen LogP contribution is 2.26. The first-order valence-electron chi connectivity index (χ1n) is 9.31. The van der Waals surface area contributed by atoms with Crippen LogP contribution in [0.25, 0.3) is 11.3 Å².